The fraction of sp³-hybridized carbons (Fsp3) is 0.455. The normalized spacial score (nSPS) is 15.8. The van der Waals surface area contributed by atoms with Gasteiger partial charge in [0.25, 0.3) is 0 Å². The highest BCUT2D eigenvalue weighted by molar-refractivity contribution is 7.89. The number of nitrogens with one attached hydrogen (secondary N) is 1. The van der Waals surface area contributed by atoms with Gasteiger partial charge in [0.2, 0.25) is 10.0 Å². The number of anilines is 1. The highest BCUT2D eigenvalue weighted by atomic mass is 32.2. The molecule has 0 spiro atoms. The lowest BCUT2D eigenvalue weighted by atomic mass is 10.1. The lowest BCUT2D eigenvalue weighted by Crippen LogP contribution is -2.47. The molecule has 28 heavy (non-hydrogen) atoms. The first-order valence-electron chi connectivity index (χ1n) is 9.96. The molecule has 1 fully saturated rings. The van der Waals surface area contributed by atoms with Crippen molar-refractivity contribution in [3.05, 3.63) is 59.2 Å². The predicted octanol–water partition coefficient (Wildman–Crippen LogP) is 3.10. The highest BCUT2D eigenvalue weighted by Gasteiger charge is 2.18. The number of rotatable bonds is 7. The van der Waals surface area contributed by atoms with Crippen LogP contribution in [0.2, 0.25) is 0 Å². The summed E-state index contributed by atoms with van der Waals surface area (Å²) >= 11 is 0. The summed E-state index contributed by atoms with van der Waals surface area (Å²) in [4.78, 5) is 5.19. The van der Waals surface area contributed by atoms with Crippen molar-refractivity contribution < 1.29 is 8.42 Å². The molecule has 0 saturated carbocycles. The lowest BCUT2D eigenvalue weighted by molar-refractivity contribution is 0.255. The summed E-state index contributed by atoms with van der Waals surface area (Å²) < 4.78 is 27.6. The van der Waals surface area contributed by atoms with Gasteiger partial charge in [-0.05, 0) is 74.7 Å². The maximum atomic E-state index is 12.4. The third-order valence-corrected chi connectivity index (χ3v) is 6.93. The summed E-state index contributed by atoms with van der Waals surface area (Å²) in [6, 6.07) is 13.9. The van der Waals surface area contributed by atoms with Crippen LogP contribution in [0.25, 0.3) is 0 Å². The first-order chi connectivity index (χ1) is 13.3. The van der Waals surface area contributed by atoms with Gasteiger partial charge in [0.1, 0.15) is 0 Å². The van der Waals surface area contributed by atoms with E-state index in [2.05, 4.69) is 45.7 Å². The zero-order valence-corrected chi connectivity index (χ0v) is 17.9. The molecule has 0 radical (unpaired) electrons. The SMILES string of the molecule is Cc1cccc(N2CCN(CCCNS(=O)(=O)c3ccc(C)c(C)c3)CC2)c1. The lowest BCUT2D eigenvalue weighted by Gasteiger charge is -2.36. The van der Waals surface area contributed by atoms with E-state index < -0.39 is 10.0 Å². The topological polar surface area (TPSA) is 52.6 Å². The van der Waals surface area contributed by atoms with Crippen molar-refractivity contribution in [2.75, 3.05) is 44.2 Å². The van der Waals surface area contributed by atoms with Crippen LogP contribution in [0.1, 0.15) is 23.1 Å². The summed E-state index contributed by atoms with van der Waals surface area (Å²) in [5.74, 6) is 0. The predicted molar refractivity (Wildman–Crippen MR) is 116 cm³/mol. The molecule has 0 bridgehead atoms. The number of benzene rings is 2. The van der Waals surface area contributed by atoms with Crippen LogP contribution in [0, 0.1) is 20.8 Å². The molecule has 1 aliphatic heterocycles. The first kappa shape index (κ1) is 20.8. The molecule has 2 aromatic rings. The third-order valence-electron chi connectivity index (χ3n) is 5.47. The number of hydrogen-bond acceptors (Lipinski definition) is 4. The fourth-order valence-corrected chi connectivity index (χ4v) is 4.69. The van der Waals surface area contributed by atoms with Crippen LogP contribution < -0.4 is 9.62 Å². The van der Waals surface area contributed by atoms with E-state index in [1.807, 2.05) is 19.9 Å². The molecular weight excluding hydrogens is 370 g/mol. The molecule has 3 rings (SSSR count). The van der Waals surface area contributed by atoms with Gasteiger partial charge < -0.3 is 4.90 Å². The van der Waals surface area contributed by atoms with Crippen molar-refractivity contribution in [1.29, 1.82) is 0 Å². The van der Waals surface area contributed by atoms with E-state index in [1.165, 1.54) is 11.3 Å². The van der Waals surface area contributed by atoms with Crippen molar-refractivity contribution in [1.82, 2.24) is 9.62 Å². The Hall–Kier alpha value is -1.89. The molecule has 152 valence electrons. The van der Waals surface area contributed by atoms with Crippen molar-refractivity contribution >= 4 is 15.7 Å². The quantitative estimate of drug-likeness (QED) is 0.725. The van der Waals surface area contributed by atoms with Gasteiger partial charge >= 0.3 is 0 Å². The van der Waals surface area contributed by atoms with Gasteiger partial charge in [0, 0.05) is 38.4 Å². The maximum absolute atomic E-state index is 12.4. The van der Waals surface area contributed by atoms with Gasteiger partial charge in [-0.1, -0.05) is 18.2 Å². The van der Waals surface area contributed by atoms with E-state index >= 15 is 0 Å². The molecule has 0 atom stereocenters. The van der Waals surface area contributed by atoms with Crippen molar-refractivity contribution in [2.24, 2.45) is 0 Å². The smallest absolute Gasteiger partial charge is 0.240 e. The van der Waals surface area contributed by atoms with Crippen LogP contribution in [-0.2, 0) is 10.0 Å². The molecule has 1 saturated heterocycles. The second kappa shape index (κ2) is 9.07. The molecule has 0 aliphatic carbocycles. The summed E-state index contributed by atoms with van der Waals surface area (Å²) in [6.07, 6.45) is 0.814. The van der Waals surface area contributed by atoms with E-state index in [-0.39, 0.29) is 0 Å². The maximum Gasteiger partial charge on any atom is 0.240 e. The van der Waals surface area contributed by atoms with Gasteiger partial charge in [0.15, 0.2) is 0 Å². The Bertz CT molecular complexity index is 904. The van der Waals surface area contributed by atoms with Crippen LogP contribution in [0.15, 0.2) is 47.4 Å². The highest BCUT2D eigenvalue weighted by Crippen LogP contribution is 2.18. The van der Waals surface area contributed by atoms with E-state index in [4.69, 9.17) is 0 Å². The molecule has 5 nitrogen and oxygen atoms in total. The Morgan fingerprint density at radius 2 is 1.68 bits per heavy atom. The third kappa shape index (κ3) is 5.34. The first-order valence-corrected chi connectivity index (χ1v) is 11.4. The molecule has 0 unspecified atom stereocenters. The summed E-state index contributed by atoms with van der Waals surface area (Å²) in [6.45, 7) is 11.5. The van der Waals surface area contributed by atoms with E-state index in [1.54, 1.807) is 12.1 Å². The average Bonchev–Trinajstić information content (AvgIpc) is 2.68. The van der Waals surface area contributed by atoms with Gasteiger partial charge in [-0.25, -0.2) is 13.1 Å². The van der Waals surface area contributed by atoms with Crippen molar-refractivity contribution in [2.45, 2.75) is 32.1 Å². The Balaban J connectivity index is 1.42. The van der Waals surface area contributed by atoms with Gasteiger partial charge in [-0.2, -0.15) is 0 Å². The minimum Gasteiger partial charge on any atom is -0.369 e. The molecule has 1 aliphatic rings. The van der Waals surface area contributed by atoms with E-state index in [0.717, 1.165) is 50.3 Å². The van der Waals surface area contributed by atoms with Crippen LogP contribution in [-0.4, -0.2) is 52.6 Å². The summed E-state index contributed by atoms with van der Waals surface area (Å²) in [5.41, 5.74) is 4.68. The summed E-state index contributed by atoms with van der Waals surface area (Å²) in [5, 5.41) is 0. The molecule has 2 aromatic carbocycles. The van der Waals surface area contributed by atoms with Gasteiger partial charge in [-0.3, -0.25) is 4.90 Å². The number of piperazine rings is 1. The Labute approximate surface area is 169 Å². The minimum absolute atomic E-state index is 0.349. The standard InChI is InChI=1S/C22H31N3O2S/c1-18-6-4-7-21(16-18)25-14-12-24(13-15-25)11-5-10-23-28(26,27)22-9-8-19(2)20(3)17-22/h4,6-9,16-17,23H,5,10-15H2,1-3H3. The minimum atomic E-state index is -3.43. The molecule has 1 heterocycles. The van der Waals surface area contributed by atoms with Crippen LogP contribution in [0.5, 0.6) is 0 Å². The number of aryl methyl sites for hydroxylation is 3. The fourth-order valence-electron chi connectivity index (χ4n) is 3.53. The van der Waals surface area contributed by atoms with Gasteiger partial charge in [0.05, 0.1) is 4.90 Å². The van der Waals surface area contributed by atoms with Crippen molar-refractivity contribution in [3.8, 4) is 0 Å². The summed E-state index contributed by atoms with van der Waals surface area (Å²) in [7, 11) is -3.43. The molecule has 0 amide bonds. The molecular formula is C22H31N3O2S. The Kier molecular flexibility index (Phi) is 6.75. The van der Waals surface area contributed by atoms with E-state index in [9.17, 15) is 8.42 Å². The zero-order valence-electron chi connectivity index (χ0n) is 17.1. The number of nitrogens with zero attached hydrogens (tertiary/aromatic N) is 2. The average molecular weight is 402 g/mol. The number of sulfonamides is 1. The van der Waals surface area contributed by atoms with Gasteiger partial charge in [-0.15, -0.1) is 0 Å². The largest absolute Gasteiger partial charge is 0.369 e. The van der Waals surface area contributed by atoms with Crippen LogP contribution in [0.4, 0.5) is 5.69 Å². The molecule has 1 N–H and O–H groups in total. The zero-order chi connectivity index (χ0) is 20.1. The van der Waals surface area contributed by atoms with E-state index in [0.29, 0.717) is 11.4 Å². The Morgan fingerprint density at radius 1 is 0.929 bits per heavy atom. The monoisotopic (exact) mass is 401 g/mol. The van der Waals surface area contributed by atoms with Crippen LogP contribution >= 0.6 is 0 Å². The number of hydrogen-bond donors (Lipinski definition) is 1. The van der Waals surface area contributed by atoms with Crippen LogP contribution in [0.3, 0.4) is 0 Å². The second-order valence-electron chi connectivity index (χ2n) is 7.67. The molecule has 0 aromatic heterocycles. The Morgan fingerprint density at radius 3 is 2.36 bits per heavy atom. The van der Waals surface area contributed by atoms with Crippen molar-refractivity contribution in [3.63, 3.8) is 0 Å². The second-order valence-corrected chi connectivity index (χ2v) is 9.43. The molecule has 6 heteroatoms.